The Morgan fingerprint density at radius 3 is 2.75 bits per heavy atom. The maximum atomic E-state index is 14.0. The minimum Gasteiger partial charge on any atom is -0.486 e. The van der Waals surface area contributed by atoms with Gasteiger partial charge >= 0.3 is 0 Å². The van der Waals surface area contributed by atoms with Gasteiger partial charge in [0.15, 0.2) is 17.5 Å². The van der Waals surface area contributed by atoms with Crippen molar-refractivity contribution in [3.63, 3.8) is 0 Å². The molecule has 8 heteroatoms. The van der Waals surface area contributed by atoms with Gasteiger partial charge in [0.25, 0.3) is 0 Å². The summed E-state index contributed by atoms with van der Waals surface area (Å²) in [4.78, 5) is 4.40. The van der Waals surface area contributed by atoms with Crippen molar-refractivity contribution >= 4 is 29.9 Å². The standard InChI is InChI=1S/C20H21FN4O2.HI/c1-2-23-20(24-11-15-8-7-14(10-22)9-17(15)21)25-12-16-13-26-18-5-3-4-6-19(18)27-16;/h3-9,16H,2,11-13H2,1H3,(H2,23,24,25);1H. The van der Waals surface area contributed by atoms with E-state index < -0.39 is 5.82 Å². The first-order chi connectivity index (χ1) is 13.2. The summed E-state index contributed by atoms with van der Waals surface area (Å²) in [6.07, 6.45) is -0.157. The predicted molar refractivity (Wildman–Crippen MR) is 116 cm³/mol. The molecule has 0 aliphatic carbocycles. The summed E-state index contributed by atoms with van der Waals surface area (Å²) in [6, 6.07) is 13.8. The molecule has 0 radical (unpaired) electrons. The maximum absolute atomic E-state index is 14.0. The molecule has 1 atom stereocenters. The van der Waals surface area contributed by atoms with Crippen LogP contribution in [0.25, 0.3) is 0 Å². The van der Waals surface area contributed by atoms with Crippen molar-refractivity contribution in [1.82, 2.24) is 10.6 Å². The smallest absolute Gasteiger partial charge is 0.191 e. The third-order valence-corrected chi connectivity index (χ3v) is 4.00. The topological polar surface area (TPSA) is 78.7 Å². The molecule has 0 spiro atoms. The third kappa shape index (κ3) is 5.73. The van der Waals surface area contributed by atoms with Crippen LogP contribution in [0.1, 0.15) is 18.1 Å². The van der Waals surface area contributed by atoms with E-state index in [-0.39, 0.29) is 36.6 Å². The predicted octanol–water partition coefficient (Wildman–Crippen LogP) is 3.21. The van der Waals surface area contributed by atoms with E-state index in [0.717, 1.165) is 11.5 Å². The van der Waals surface area contributed by atoms with E-state index in [1.165, 1.54) is 6.07 Å². The molecule has 0 saturated heterocycles. The second-order valence-corrected chi connectivity index (χ2v) is 5.99. The van der Waals surface area contributed by atoms with Gasteiger partial charge in [0.2, 0.25) is 0 Å². The molecule has 1 aliphatic heterocycles. The number of nitriles is 1. The van der Waals surface area contributed by atoms with Crippen LogP contribution < -0.4 is 20.1 Å². The monoisotopic (exact) mass is 496 g/mol. The number of ether oxygens (including phenoxy) is 2. The van der Waals surface area contributed by atoms with Crippen LogP contribution >= 0.6 is 24.0 Å². The van der Waals surface area contributed by atoms with Crippen molar-refractivity contribution in [1.29, 1.82) is 5.26 Å². The van der Waals surface area contributed by atoms with Crippen molar-refractivity contribution in [2.45, 2.75) is 19.6 Å². The van der Waals surface area contributed by atoms with Crippen LogP contribution in [0.15, 0.2) is 47.5 Å². The molecular formula is C20H22FIN4O2. The number of aliphatic imine (C=N–C) groups is 1. The van der Waals surface area contributed by atoms with Gasteiger partial charge in [-0.1, -0.05) is 18.2 Å². The molecule has 0 saturated carbocycles. The Morgan fingerprint density at radius 1 is 1.25 bits per heavy atom. The molecule has 0 aromatic heterocycles. The summed E-state index contributed by atoms with van der Waals surface area (Å²) in [7, 11) is 0. The highest BCUT2D eigenvalue weighted by Gasteiger charge is 2.20. The number of nitrogens with zero attached hydrogens (tertiary/aromatic N) is 2. The number of hydrogen-bond acceptors (Lipinski definition) is 4. The van der Waals surface area contributed by atoms with Gasteiger partial charge < -0.3 is 20.1 Å². The van der Waals surface area contributed by atoms with Gasteiger partial charge in [-0.3, -0.25) is 0 Å². The fourth-order valence-electron chi connectivity index (χ4n) is 2.63. The zero-order chi connectivity index (χ0) is 19.1. The molecule has 1 heterocycles. The first kappa shape index (κ1) is 21.8. The lowest BCUT2D eigenvalue weighted by Gasteiger charge is -2.27. The number of rotatable bonds is 5. The zero-order valence-electron chi connectivity index (χ0n) is 15.4. The summed E-state index contributed by atoms with van der Waals surface area (Å²) in [5.41, 5.74) is 0.720. The zero-order valence-corrected chi connectivity index (χ0v) is 17.8. The van der Waals surface area contributed by atoms with Crippen molar-refractivity contribution in [3.05, 3.63) is 59.4 Å². The van der Waals surface area contributed by atoms with Gasteiger partial charge in [0, 0.05) is 12.1 Å². The molecular weight excluding hydrogens is 474 g/mol. The van der Waals surface area contributed by atoms with Crippen molar-refractivity contribution in [2.24, 2.45) is 4.99 Å². The highest BCUT2D eigenvalue weighted by molar-refractivity contribution is 14.0. The van der Waals surface area contributed by atoms with E-state index in [9.17, 15) is 4.39 Å². The van der Waals surface area contributed by atoms with E-state index in [1.807, 2.05) is 37.3 Å². The second kappa shape index (κ2) is 10.7. The minimum atomic E-state index is -0.436. The van der Waals surface area contributed by atoms with E-state index in [0.29, 0.717) is 36.8 Å². The lowest BCUT2D eigenvalue weighted by molar-refractivity contribution is 0.0936. The highest BCUT2D eigenvalue weighted by atomic mass is 127. The van der Waals surface area contributed by atoms with Crippen LogP contribution in [0.5, 0.6) is 11.5 Å². The molecule has 6 nitrogen and oxygen atoms in total. The minimum absolute atomic E-state index is 0. The fourth-order valence-corrected chi connectivity index (χ4v) is 2.63. The summed E-state index contributed by atoms with van der Waals surface area (Å²) in [6.45, 7) is 3.73. The van der Waals surface area contributed by atoms with E-state index >= 15 is 0 Å². The number of hydrogen-bond donors (Lipinski definition) is 2. The van der Waals surface area contributed by atoms with Crippen LogP contribution in [0.4, 0.5) is 4.39 Å². The second-order valence-electron chi connectivity index (χ2n) is 5.99. The maximum Gasteiger partial charge on any atom is 0.191 e. The number of para-hydroxylation sites is 2. The summed E-state index contributed by atoms with van der Waals surface area (Å²) in [5.74, 6) is 1.58. The quantitative estimate of drug-likeness (QED) is 0.378. The van der Waals surface area contributed by atoms with Crippen molar-refractivity contribution < 1.29 is 13.9 Å². The van der Waals surface area contributed by atoms with Crippen LogP contribution in [0, 0.1) is 17.1 Å². The van der Waals surface area contributed by atoms with Crippen molar-refractivity contribution in [3.8, 4) is 17.6 Å². The lowest BCUT2D eigenvalue weighted by atomic mass is 10.1. The highest BCUT2D eigenvalue weighted by Crippen LogP contribution is 2.30. The number of halogens is 2. The summed E-state index contributed by atoms with van der Waals surface area (Å²) >= 11 is 0. The first-order valence-electron chi connectivity index (χ1n) is 8.78. The Bertz CT molecular complexity index is 870. The molecule has 0 bridgehead atoms. The van der Waals surface area contributed by atoms with Gasteiger partial charge in [-0.25, -0.2) is 9.38 Å². The van der Waals surface area contributed by atoms with Crippen LogP contribution in [-0.2, 0) is 6.54 Å². The van der Waals surface area contributed by atoms with E-state index in [1.54, 1.807) is 12.1 Å². The Kier molecular flexibility index (Phi) is 8.32. The summed E-state index contributed by atoms with van der Waals surface area (Å²) < 4.78 is 25.6. The SMILES string of the molecule is CCNC(=NCc1ccc(C#N)cc1F)NCC1COc2ccccc2O1.I. The average Bonchev–Trinajstić information content (AvgIpc) is 2.70. The average molecular weight is 496 g/mol. The summed E-state index contributed by atoms with van der Waals surface area (Å²) in [5, 5.41) is 15.1. The Hall–Kier alpha value is -2.54. The number of guanidine groups is 1. The van der Waals surface area contributed by atoms with Gasteiger partial charge in [-0.15, -0.1) is 24.0 Å². The molecule has 0 amide bonds. The molecule has 1 unspecified atom stereocenters. The Morgan fingerprint density at radius 2 is 2.04 bits per heavy atom. The molecule has 2 N–H and O–H groups in total. The van der Waals surface area contributed by atoms with E-state index in [2.05, 4.69) is 15.6 Å². The Balaban J connectivity index is 0.00000280. The number of nitrogens with one attached hydrogen (secondary N) is 2. The van der Waals surface area contributed by atoms with Gasteiger partial charge in [-0.2, -0.15) is 5.26 Å². The fraction of sp³-hybridized carbons (Fsp3) is 0.300. The molecule has 28 heavy (non-hydrogen) atoms. The van der Waals surface area contributed by atoms with Gasteiger partial charge in [0.05, 0.1) is 24.7 Å². The molecule has 0 fully saturated rings. The molecule has 2 aromatic rings. The first-order valence-corrected chi connectivity index (χ1v) is 8.78. The third-order valence-electron chi connectivity index (χ3n) is 4.00. The lowest BCUT2D eigenvalue weighted by Crippen LogP contribution is -2.45. The van der Waals surface area contributed by atoms with Crippen LogP contribution in [0.2, 0.25) is 0 Å². The normalized spacial score (nSPS) is 15.2. The van der Waals surface area contributed by atoms with Crippen LogP contribution in [-0.4, -0.2) is 31.8 Å². The van der Waals surface area contributed by atoms with E-state index in [4.69, 9.17) is 14.7 Å². The van der Waals surface area contributed by atoms with Gasteiger partial charge in [0.1, 0.15) is 18.5 Å². The largest absolute Gasteiger partial charge is 0.486 e. The molecule has 3 rings (SSSR count). The molecule has 1 aliphatic rings. The molecule has 2 aromatic carbocycles. The molecule has 148 valence electrons. The van der Waals surface area contributed by atoms with Crippen molar-refractivity contribution in [2.75, 3.05) is 19.7 Å². The van der Waals surface area contributed by atoms with Gasteiger partial charge in [-0.05, 0) is 31.2 Å². The number of benzene rings is 2. The number of fused-ring (bicyclic) bond motifs is 1. The Labute approximate surface area is 180 Å². The van der Waals surface area contributed by atoms with Crippen LogP contribution in [0.3, 0.4) is 0 Å².